The van der Waals surface area contributed by atoms with Crippen molar-refractivity contribution < 1.29 is 4.39 Å². The number of halogens is 1. The zero-order valence-electron chi connectivity index (χ0n) is 11.9. The maximum Gasteiger partial charge on any atom is 0.196 e. The molecule has 21 heavy (non-hydrogen) atoms. The number of aliphatic imine (C=N–C) groups is 1. The van der Waals surface area contributed by atoms with Crippen LogP contribution in [0.15, 0.2) is 59.6 Å². The Morgan fingerprint density at radius 3 is 2.67 bits per heavy atom. The molecule has 2 atom stereocenters. The molecule has 2 N–H and O–H groups in total. The standard InChI is InChI=1S/C17H18FN3/c1-12(13-6-3-2-4-7-13)16-11-20-17(19)21(16)15-9-5-8-14(18)10-15/h2-10,12,16H,11H2,1H3,(H2,19,20). The van der Waals surface area contributed by atoms with Crippen molar-refractivity contribution in [2.75, 3.05) is 11.4 Å². The van der Waals surface area contributed by atoms with Gasteiger partial charge in [-0.1, -0.05) is 43.3 Å². The molecule has 2 aromatic rings. The zero-order valence-corrected chi connectivity index (χ0v) is 11.9. The monoisotopic (exact) mass is 283 g/mol. The van der Waals surface area contributed by atoms with Gasteiger partial charge in [0.05, 0.1) is 12.6 Å². The van der Waals surface area contributed by atoms with Gasteiger partial charge in [0.15, 0.2) is 5.96 Å². The molecule has 0 fully saturated rings. The Hall–Kier alpha value is -2.36. The molecule has 2 aromatic carbocycles. The van der Waals surface area contributed by atoms with Gasteiger partial charge in [-0.3, -0.25) is 4.99 Å². The van der Waals surface area contributed by atoms with E-state index in [9.17, 15) is 4.39 Å². The smallest absolute Gasteiger partial charge is 0.196 e. The Balaban J connectivity index is 1.92. The van der Waals surface area contributed by atoms with Gasteiger partial charge in [-0.05, 0) is 23.8 Å². The Bertz CT molecular complexity index is 654. The van der Waals surface area contributed by atoms with Crippen LogP contribution < -0.4 is 10.6 Å². The second kappa shape index (κ2) is 5.56. The van der Waals surface area contributed by atoms with Crippen molar-refractivity contribution in [3.8, 4) is 0 Å². The van der Waals surface area contributed by atoms with Gasteiger partial charge in [0.25, 0.3) is 0 Å². The van der Waals surface area contributed by atoms with E-state index in [0.717, 1.165) is 5.69 Å². The van der Waals surface area contributed by atoms with Gasteiger partial charge >= 0.3 is 0 Å². The van der Waals surface area contributed by atoms with Gasteiger partial charge in [0.1, 0.15) is 5.82 Å². The van der Waals surface area contributed by atoms with E-state index in [-0.39, 0.29) is 17.8 Å². The molecular formula is C17H18FN3. The molecule has 0 bridgehead atoms. The van der Waals surface area contributed by atoms with E-state index < -0.39 is 0 Å². The minimum Gasteiger partial charge on any atom is -0.370 e. The quantitative estimate of drug-likeness (QED) is 0.940. The van der Waals surface area contributed by atoms with E-state index in [1.807, 2.05) is 29.2 Å². The summed E-state index contributed by atoms with van der Waals surface area (Å²) in [7, 11) is 0. The van der Waals surface area contributed by atoms with Crippen LogP contribution >= 0.6 is 0 Å². The third kappa shape index (κ3) is 2.61. The van der Waals surface area contributed by atoms with Gasteiger partial charge in [-0.15, -0.1) is 0 Å². The zero-order chi connectivity index (χ0) is 14.8. The Kier molecular flexibility index (Phi) is 3.60. The second-order valence-corrected chi connectivity index (χ2v) is 5.32. The molecule has 3 nitrogen and oxygen atoms in total. The van der Waals surface area contributed by atoms with E-state index in [4.69, 9.17) is 5.73 Å². The normalized spacial score (nSPS) is 19.4. The molecule has 1 aliphatic heterocycles. The van der Waals surface area contributed by atoms with Crippen molar-refractivity contribution in [3.05, 3.63) is 66.0 Å². The summed E-state index contributed by atoms with van der Waals surface area (Å²) < 4.78 is 13.5. The number of hydrogen-bond donors (Lipinski definition) is 1. The Morgan fingerprint density at radius 2 is 1.95 bits per heavy atom. The summed E-state index contributed by atoms with van der Waals surface area (Å²) in [5, 5.41) is 0. The molecule has 0 saturated carbocycles. The Labute approximate surface area is 123 Å². The van der Waals surface area contributed by atoms with E-state index in [1.54, 1.807) is 6.07 Å². The first-order valence-corrected chi connectivity index (χ1v) is 7.06. The number of nitrogens with two attached hydrogens (primary N) is 1. The highest BCUT2D eigenvalue weighted by atomic mass is 19.1. The van der Waals surface area contributed by atoms with Gasteiger partial charge in [0.2, 0.25) is 0 Å². The SMILES string of the molecule is CC(c1ccccc1)C1CN=C(N)N1c1cccc(F)c1. The summed E-state index contributed by atoms with van der Waals surface area (Å²) in [5.41, 5.74) is 8.00. The largest absolute Gasteiger partial charge is 0.370 e. The van der Waals surface area contributed by atoms with Gasteiger partial charge in [-0.2, -0.15) is 0 Å². The molecule has 3 rings (SSSR count). The van der Waals surface area contributed by atoms with Gasteiger partial charge in [-0.25, -0.2) is 4.39 Å². The number of benzene rings is 2. The molecule has 1 aliphatic rings. The lowest BCUT2D eigenvalue weighted by Crippen LogP contribution is -2.43. The van der Waals surface area contributed by atoms with Gasteiger partial charge < -0.3 is 10.6 Å². The van der Waals surface area contributed by atoms with E-state index in [1.165, 1.54) is 17.7 Å². The molecule has 4 heteroatoms. The van der Waals surface area contributed by atoms with Crippen LogP contribution in [0.25, 0.3) is 0 Å². The van der Waals surface area contributed by atoms with Crippen molar-refractivity contribution in [2.45, 2.75) is 18.9 Å². The summed E-state index contributed by atoms with van der Waals surface area (Å²) in [4.78, 5) is 6.28. The van der Waals surface area contributed by atoms with Gasteiger partial charge in [0, 0.05) is 11.6 Å². The molecular weight excluding hydrogens is 265 g/mol. The molecule has 108 valence electrons. The summed E-state index contributed by atoms with van der Waals surface area (Å²) in [6.07, 6.45) is 0. The predicted octanol–water partition coefficient (Wildman–Crippen LogP) is 3.13. The fourth-order valence-corrected chi connectivity index (χ4v) is 2.82. The fourth-order valence-electron chi connectivity index (χ4n) is 2.82. The van der Waals surface area contributed by atoms with Crippen LogP contribution in [0.2, 0.25) is 0 Å². The summed E-state index contributed by atoms with van der Waals surface area (Å²) in [6.45, 7) is 2.78. The van der Waals surface area contributed by atoms with Crippen LogP contribution in [0.3, 0.4) is 0 Å². The van der Waals surface area contributed by atoms with E-state index in [2.05, 4.69) is 24.0 Å². The van der Waals surface area contributed by atoms with Crippen LogP contribution in [-0.4, -0.2) is 18.5 Å². The van der Waals surface area contributed by atoms with Crippen LogP contribution in [0, 0.1) is 5.82 Å². The van der Waals surface area contributed by atoms with Crippen LogP contribution in [0.1, 0.15) is 18.4 Å². The first-order chi connectivity index (χ1) is 10.2. The maximum absolute atomic E-state index is 13.5. The highest BCUT2D eigenvalue weighted by Crippen LogP contribution is 2.30. The molecule has 0 saturated heterocycles. The lowest BCUT2D eigenvalue weighted by Gasteiger charge is -2.31. The molecule has 1 heterocycles. The Morgan fingerprint density at radius 1 is 1.19 bits per heavy atom. The molecule has 2 unspecified atom stereocenters. The highest BCUT2D eigenvalue weighted by molar-refractivity contribution is 5.97. The topological polar surface area (TPSA) is 41.6 Å². The van der Waals surface area contributed by atoms with Crippen molar-refractivity contribution in [1.82, 2.24) is 0 Å². The lowest BCUT2D eigenvalue weighted by molar-refractivity contribution is 0.591. The van der Waals surface area contributed by atoms with Crippen molar-refractivity contribution in [3.63, 3.8) is 0 Å². The molecule has 0 amide bonds. The van der Waals surface area contributed by atoms with Crippen molar-refractivity contribution in [2.24, 2.45) is 10.7 Å². The van der Waals surface area contributed by atoms with Crippen LogP contribution in [-0.2, 0) is 0 Å². The number of hydrogen-bond acceptors (Lipinski definition) is 3. The molecule has 0 aliphatic carbocycles. The minimum atomic E-state index is -0.265. The molecule has 0 aromatic heterocycles. The fraction of sp³-hybridized carbons (Fsp3) is 0.235. The lowest BCUT2D eigenvalue weighted by atomic mass is 9.92. The number of rotatable bonds is 3. The third-order valence-corrected chi connectivity index (χ3v) is 4.01. The number of nitrogens with zero attached hydrogens (tertiary/aromatic N) is 2. The average Bonchev–Trinajstić information content (AvgIpc) is 2.89. The molecule has 0 radical (unpaired) electrons. The van der Waals surface area contributed by atoms with E-state index >= 15 is 0 Å². The average molecular weight is 283 g/mol. The van der Waals surface area contributed by atoms with Crippen LogP contribution in [0.4, 0.5) is 10.1 Å². The van der Waals surface area contributed by atoms with Crippen molar-refractivity contribution in [1.29, 1.82) is 0 Å². The van der Waals surface area contributed by atoms with E-state index in [0.29, 0.717) is 12.5 Å². The summed E-state index contributed by atoms with van der Waals surface area (Å²) in [6, 6.07) is 16.8. The maximum atomic E-state index is 13.5. The highest BCUT2D eigenvalue weighted by Gasteiger charge is 2.32. The first kappa shape index (κ1) is 13.6. The number of guanidine groups is 1. The first-order valence-electron chi connectivity index (χ1n) is 7.06. The third-order valence-electron chi connectivity index (χ3n) is 4.01. The summed E-state index contributed by atoms with van der Waals surface area (Å²) >= 11 is 0. The summed E-state index contributed by atoms with van der Waals surface area (Å²) in [5.74, 6) is 0.436. The predicted molar refractivity (Wildman–Crippen MR) is 84.0 cm³/mol. The second-order valence-electron chi connectivity index (χ2n) is 5.32. The number of anilines is 1. The van der Waals surface area contributed by atoms with Crippen LogP contribution in [0.5, 0.6) is 0 Å². The minimum absolute atomic E-state index is 0.106. The molecule has 0 spiro atoms. The van der Waals surface area contributed by atoms with Crippen molar-refractivity contribution >= 4 is 11.6 Å².